The van der Waals surface area contributed by atoms with Gasteiger partial charge in [0, 0.05) is 18.3 Å². The smallest absolute Gasteiger partial charge is 0.239 e. The fourth-order valence-corrected chi connectivity index (χ4v) is 4.21. The molecule has 2 aliphatic rings. The van der Waals surface area contributed by atoms with Crippen LogP contribution in [0.25, 0.3) is 0 Å². The average Bonchev–Trinajstić information content (AvgIpc) is 2.53. The van der Waals surface area contributed by atoms with Crippen LogP contribution in [0.15, 0.2) is 24.3 Å². The number of rotatable bonds is 3. The van der Waals surface area contributed by atoms with Gasteiger partial charge in [0.15, 0.2) is 0 Å². The number of amides is 1. The first-order chi connectivity index (χ1) is 10.3. The highest BCUT2D eigenvalue weighted by Gasteiger charge is 2.29. The maximum atomic E-state index is 12.3. The molecule has 3 atom stereocenters. The molecule has 0 aromatic heterocycles. The van der Waals surface area contributed by atoms with Gasteiger partial charge in [0.05, 0.1) is 12.7 Å². The molecule has 1 saturated heterocycles. The average molecular weight is 306 g/mol. The highest BCUT2D eigenvalue weighted by Crippen LogP contribution is 2.35. The summed E-state index contributed by atoms with van der Waals surface area (Å²) in [7, 11) is 0. The van der Waals surface area contributed by atoms with Crippen LogP contribution in [0, 0.1) is 0 Å². The zero-order chi connectivity index (χ0) is 14.7. The zero-order valence-electron chi connectivity index (χ0n) is 12.3. The van der Waals surface area contributed by atoms with E-state index in [4.69, 9.17) is 4.74 Å². The predicted octanol–water partition coefficient (Wildman–Crippen LogP) is 1.51. The van der Waals surface area contributed by atoms with Crippen molar-refractivity contribution in [3.05, 3.63) is 35.4 Å². The Morgan fingerprint density at radius 1 is 1.48 bits per heavy atom. The van der Waals surface area contributed by atoms with Crippen molar-refractivity contribution in [2.75, 3.05) is 25.4 Å². The first kappa shape index (κ1) is 14.9. The largest absolute Gasteiger partial charge is 0.375 e. The lowest BCUT2D eigenvalue weighted by Gasteiger charge is -2.30. The standard InChI is InChI=1S/C16H22N2O2S/c1-11-15(17-7-8-20-11)16(19)18-10-14-13-5-3-2-4-12(13)6-9-21-14/h2-5,11,14-15,17H,6-10H2,1H3,(H,18,19)/t11-,14?,15+/m1/s1. The molecule has 2 aliphatic heterocycles. The number of fused-ring (bicyclic) bond motifs is 1. The van der Waals surface area contributed by atoms with Crippen LogP contribution in [0.2, 0.25) is 0 Å². The summed E-state index contributed by atoms with van der Waals surface area (Å²) in [5.74, 6) is 1.17. The topological polar surface area (TPSA) is 50.4 Å². The minimum Gasteiger partial charge on any atom is -0.375 e. The summed E-state index contributed by atoms with van der Waals surface area (Å²) in [5, 5.41) is 6.68. The van der Waals surface area contributed by atoms with Crippen molar-refractivity contribution in [3.63, 3.8) is 0 Å². The molecule has 4 nitrogen and oxygen atoms in total. The molecule has 0 bridgehead atoms. The number of carbonyl (C=O) groups excluding carboxylic acids is 1. The van der Waals surface area contributed by atoms with E-state index in [9.17, 15) is 4.79 Å². The second-order valence-electron chi connectivity index (χ2n) is 5.56. The van der Waals surface area contributed by atoms with E-state index in [1.807, 2.05) is 18.7 Å². The number of aryl methyl sites for hydroxylation is 1. The van der Waals surface area contributed by atoms with Gasteiger partial charge in [-0.3, -0.25) is 4.79 Å². The van der Waals surface area contributed by atoms with Crippen LogP contribution in [-0.4, -0.2) is 43.5 Å². The number of thioether (sulfide) groups is 1. The summed E-state index contributed by atoms with van der Waals surface area (Å²) in [6.07, 6.45) is 1.06. The lowest BCUT2D eigenvalue weighted by atomic mass is 10.0. The van der Waals surface area contributed by atoms with E-state index in [0.717, 1.165) is 18.7 Å². The second-order valence-corrected chi connectivity index (χ2v) is 6.87. The minimum absolute atomic E-state index is 0.0471. The summed E-state index contributed by atoms with van der Waals surface area (Å²) in [4.78, 5) is 12.3. The molecule has 0 saturated carbocycles. The molecule has 1 amide bonds. The molecule has 1 aromatic rings. The van der Waals surface area contributed by atoms with Crippen LogP contribution >= 0.6 is 11.8 Å². The maximum Gasteiger partial charge on any atom is 0.239 e. The molecule has 0 radical (unpaired) electrons. The van der Waals surface area contributed by atoms with Crippen LogP contribution < -0.4 is 10.6 Å². The molecule has 2 N–H and O–H groups in total. The van der Waals surface area contributed by atoms with Gasteiger partial charge >= 0.3 is 0 Å². The molecular formula is C16H22N2O2S. The van der Waals surface area contributed by atoms with Crippen molar-refractivity contribution < 1.29 is 9.53 Å². The molecule has 1 unspecified atom stereocenters. The number of morpholine rings is 1. The number of hydrogen-bond acceptors (Lipinski definition) is 4. The van der Waals surface area contributed by atoms with E-state index in [1.54, 1.807) is 0 Å². The van der Waals surface area contributed by atoms with Gasteiger partial charge in [-0.1, -0.05) is 24.3 Å². The van der Waals surface area contributed by atoms with E-state index in [1.165, 1.54) is 11.1 Å². The molecule has 114 valence electrons. The van der Waals surface area contributed by atoms with Gasteiger partial charge in [0.1, 0.15) is 6.04 Å². The SMILES string of the molecule is C[C@H]1OCCN[C@@H]1C(=O)NCC1SCCc2ccccc21. The second kappa shape index (κ2) is 6.81. The molecule has 1 fully saturated rings. The predicted molar refractivity (Wildman–Crippen MR) is 85.6 cm³/mol. The van der Waals surface area contributed by atoms with Crippen LogP contribution in [0.1, 0.15) is 23.3 Å². The molecular weight excluding hydrogens is 284 g/mol. The molecule has 0 spiro atoms. The van der Waals surface area contributed by atoms with Crippen LogP contribution in [-0.2, 0) is 16.0 Å². The third-order valence-electron chi connectivity index (χ3n) is 4.15. The van der Waals surface area contributed by atoms with Crippen LogP contribution in [0.5, 0.6) is 0 Å². The third-order valence-corrected chi connectivity index (χ3v) is 5.42. The van der Waals surface area contributed by atoms with E-state index in [0.29, 0.717) is 18.4 Å². The van der Waals surface area contributed by atoms with Crippen molar-refractivity contribution in [2.45, 2.75) is 30.7 Å². The molecule has 0 aliphatic carbocycles. The van der Waals surface area contributed by atoms with Gasteiger partial charge in [0.2, 0.25) is 5.91 Å². The van der Waals surface area contributed by atoms with Gasteiger partial charge in [-0.05, 0) is 30.2 Å². The van der Waals surface area contributed by atoms with Crippen molar-refractivity contribution in [3.8, 4) is 0 Å². The first-order valence-electron chi connectivity index (χ1n) is 7.58. The number of ether oxygens (including phenoxy) is 1. The summed E-state index contributed by atoms with van der Waals surface area (Å²) in [6, 6.07) is 8.32. The Bertz CT molecular complexity index is 509. The van der Waals surface area contributed by atoms with Gasteiger partial charge in [0.25, 0.3) is 0 Å². The highest BCUT2D eigenvalue weighted by molar-refractivity contribution is 7.99. The van der Waals surface area contributed by atoms with Crippen molar-refractivity contribution >= 4 is 17.7 Å². The van der Waals surface area contributed by atoms with Crippen molar-refractivity contribution in [2.24, 2.45) is 0 Å². The Kier molecular flexibility index (Phi) is 4.83. The molecule has 5 heteroatoms. The first-order valence-corrected chi connectivity index (χ1v) is 8.62. The Balaban J connectivity index is 1.59. The lowest BCUT2D eigenvalue weighted by Crippen LogP contribution is -2.55. The van der Waals surface area contributed by atoms with Gasteiger partial charge in [-0.15, -0.1) is 0 Å². The number of benzene rings is 1. The van der Waals surface area contributed by atoms with E-state index in [-0.39, 0.29) is 18.1 Å². The molecule has 21 heavy (non-hydrogen) atoms. The highest BCUT2D eigenvalue weighted by atomic mass is 32.2. The Labute approximate surface area is 130 Å². The number of nitrogens with one attached hydrogen (secondary N) is 2. The zero-order valence-corrected chi connectivity index (χ0v) is 13.1. The minimum atomic E-state index is -0.234. The van der Waals surface area contributed by atoms with Gasteiger partial charge < -0.3 is 15.4 Å². The lowest BCUT2D eigenvalue weighted by molar-refractivity contribution is -0.128. The summed E-state index contributed by atoms with van der Waals surface area (Å²) >= 11 is 1.93. The van der Waals surface area contributed by atoms with Crippen LogP contribution in [0.3, 0.4) is 0 Å². The Morgan fingerprint density at radius 2 is 2.33 bits per heavy atom. The van der Waals surface area contributed by atoms with Crippen LogP contribution in [0.4, 0.5) is 0 Å². The van der Waals surface area contributed by atoms with Crippen molar-refractivity contribution in [1.29, 1.82) is 0 Å². The molecule has 2 heterocycles. The van der Waals surface area contributed by atoms with Gasteiger partial charge in [-0.25, -0.2) is 0 Å². The normalized spacial score (nSPS) is 28.7. The Morgan fingerprint density at radius 3 is 3.19 bits per heavy atom. The van der Waals surface area contributed by atoms with E-state index >= 15 is 0 Å². The fraction of sp³-hybridized carbons (Fsp3) is 0.562. The summed E-state index contributed by atoms with van der Waals surface area (Å²) in [6.45, 7) is 4.05. The fourth-order valence-electron chi connectivity index (χ4n) is 2.98. The monoisotopic (exact) mass is 306 g/mol. The van der Waals surface area contributed by atoms with E-state index < -0.39 is 0 Å². The number of hydrogen-bond donors (Lipinski definition) is 2. The summed E-state index contributed by atoms with van der Waals surface area (Å²) in [5.41, 5.74) is 2.79. The van der Waals surface area contributed by atoms with Crippen molar-refractivity contribution in [1.82, 2.24) is 10.6 Å². The third kappa shape index (κ3) is 3.42. The Hall–Kier alpha value is -1.04. The maximum absolute atomic E-state index is 12.3. The van der Waals surface area contributed by atoms with Gasteiger partial charge in [-0.2, -0.15) is 11.8 Å². The quantitative estimate of drug-likeness (QED) is 0.889. The van der Waals surface area contributed by atoms with E-state index in [2.05, 4.69) is 34.9 Å². The molecule has 1 aromatic carbocycles. The molecule has 3 rings (SSSR count). The number of carbonyl (C=O) groups is 1. The summed E-state index contributed by atoms with van der Waals surface area (Å²) < 4.78 is 5.53.